The molecule has 3 aromatic carbocycles. The zero-order valence-electron chi connectivity index (χ0n) is 32.4. The van der Waals surface area contributed by atoms with Crippen LogP contribution in [-0.2, 0) is 30.8 Å². The van der Waals surface area contributed by atoms with Gasteiger partial charge in [0.2, 0.25) is 11.9 Å². The summed E-state index contributed by atoms with van der Waals surface area (Å²) < 4.78 is 16.5. The number of rotatable bonds is 13. The number of amides is 1. The first kappa shape index (κ1) is 37.3. The molecule has 0 bridgehead atoms. The Morgan fingerprint density at radius 1 is 0.807 bits per heavy atom. The van der Waals surface area contributed by atoms with E-state index in [0.717, 1.165) is 68.5 Å². The topological polar surface area (TPSA) is 131 Å². The number of benzene rings is 3. The maximum atomic E-state index is 13.1. The van der Waals surface area contributed by atoms with Crippen LogP contribution in [0.5, 0.6) is 11.5 Å². The number of anilines is 4. The molecule has 13 heteroatoms. The molecule has 8 rings (SSSR count). The van der Waals surface area contributed by atoms with Crippen molar-refractivity contribution in [2.45, 2.75) is 33.0 Å². The quantitative estimate of drug-likeness (QED) is 0.141. The maximum Gasteiger partial charge on any atom is 0.251 e. The van der Waals surface area contributed by atoms with Gasteiger partial charge in [0.05, 0.1) is 33.1 Å². The Morgan fingerprint density at radius 3 is 2.07 bits per heavy atom. The van der Waals surface area contributed by atoms with Crippen LogP contribution in [0, 0.1) is 6.92 Å². The normalized spacial score (nSPS) is 13.6. The molecule has 0 aliphatic carbocycles. The third-order valence-electron chi connectivity index (χ3n) is 10.3. The van der Waals surface area contributed by atoms with Gasteiger partial charge in [0.25, 0.3) is 5.91 Å². The van der Waals surface area contributed by atoms with E-state index in [1.165, 1.54) is 0 Å². The highest BCUT2D eigenvalue weighted by Crippen LogP contribution is 2.40. The number of hydrogen-bond acceptors (Lipinski definition) is 12. The highest BCUT2D eigenvalue weighted by atomic mass is 16.5. The number of carbonyl (C=O) groups is 1. The molecule has 13 nitrogen and oxygen atoms in total. The van der Waals surface area contributed by atoms with E-state index in [2.05, 4.69) is 49.3 Å². The molecule has 2 aliphatic heterocycles. The van der Waals surface area contributed by atoms with Gasteiger partial charge in [-0.05, 0) is 90.2 Å². The summed E-state index contributed by atoms with van der Waals surface area (Å²) in [5.41, 5.74) is 8.46. The fraction of sp³-hybridized carbons (Fsp3) is 0.273. The van der Waals surface area contributed by atoms with E-state index in [-0.39, 0.29) is 5.91 Å². The molecule has 0 atom stereocenters. The summed E-state index contributed by atoms with van der Waals surface area (Å²) in [5, 5.41) is 3.02. The van der Waals surface area contributed by atoms with Crippen LogP contribution in [0.1, 0.15) is 38.2 Å². The number of morpholine rings is 1. The number of aromatic nitrogens is 5. The van der Waals surface area contributed by atoms with E-state index < -0.39 is 0 Å². The number of pyridine rings is 1. The van der Waals surface area contributed by atoms with Gasteiger partial charge in [-0.1, -0.05) is 24.3 Å². The Bertz CT molecular complexity index is 2250. The van der Waals surface area contributed by atoms with Gasteiger partial charge in [0.15, 0.2) is 0 Å². The lowest BCUT2D eigenvalue weighted by atomic mass is 10.1. The van der Waals surface area contributed by atoms with Crippen LogP contribution in [0.4, 0.5) is 23.4 Å². The van der Waals surface area contributed by atoms with E-state index in [9.17, 15) is 4.79 Å². The second-order valence-corrected chi connectivity index (χ2v) is 14.0. The van der Waals surface area contributed by atoms with Crippen LogP contribution < -0.4 is 29.5 Å². The summed E-state index contributed by atoms with van der Waals surface area (Å²) >= 11 is 0. The number of nitrogens with one attached hydrogen (secondary N) is 1. The lowest BCUT2D eigenvalue weighted by Crippen LogP contribution is -2.37. The Morgan fingerprint density at radius 2 is 1.46 bits per heavy atom. The number of nitrogens with zero attached hydrogens (tertiary/aromatic N) is 8. The Balaban J connectivity index is 1.09. The number of hydrogen-bond donors (Lipinski definition) is 1. The predicted molar refractivity (Wildman–Crippen MR) is 219 cm³/mol. The molecule has 1 N–H and O–H groups in total. The number of fused-ring (bicyclic) bond motifs is 1. The molecule has 1 saturated heterocycles. The van der Waals surface area contributed by atoms with Gasteiger partial charge in [0.1, 0.15) is 17.3 Å². The van der Waals surface area contributed by atoms with Gasteiger partial charge in [0, 0.05) is 86.4 Å². The van der Waals surface area contributed by atoms with Gasteiger partial charge < -0.3 is 34.2 Å². The molecule has 3 aromatic heterocycles. The zero-order chi connectivity index (χ0) is 39.1. The van der Waals surface area contributed by atoms with Crippen molar-refractivity contribution in [3.05, 3.63) is 137 Å². The first-order valence-electron chi connectivity index (χ1n) is 19.1. The Hall–Kier alpha value is -6.60. The van der Waals surface area contributed by atoms with Crippen LogP contribution in [0.25, 0.3) is 11.3 Å². The van der Waals surface area contributed by atoms with Crippen molar-refractivity contribution < 1.29 is 19.0 Å². The summed E-state index contributed by atoms with van der Waals surface area (Å²) in [5.74, 6) is 3.59. The maximum absolute atomic E-state index is 13.1. The van der Waals surface area contributed by atoms with Gasteiger partial charge in [-0.3, -0.25) is 9.78 Å². The fourth-order valence-corrected chi connectivity index (χ4v) is 7.21. The van der Waals surface area contributed by atoms with E-state index in [1.807, 2.05) is 73.9 Å². The molecular weight excluding hydrogens is 719 g/mol. The fourth-order valence-electron chi connectivity index (χ4n) is 7.21. The second-order valence-electron chi connectivity index (χ2n) is 14.0. The van der Waals surface area contributed by atoms with Crippen molar-refractivity contribution in [2.75, 3.05) is 61.8 Å². The summed E-state index contributed by atoms with van der Waals surface area (Å²) in [4.78, 5) is 44.0. The molecule has 0 unspecified atom stereocenters. The van der Waals surface area contributed by atoms with Crippen LogP contribution in [-0.4, -0.2) is 77.9 Å². The summed E-state index contributed by atoms with van der Waals surface area (Å²) in [6.45, 7) is 6.99. The average molecular weight is 764 g/mol. The van der Waals surface area contributed by atoms with E-state index in [4.69, 9.17) is 34.1 Å². The average Bonchev–Trinajstić information content (AvgIpc) is 3.70. The highest BCUT2D eigenvalue weighted by molar-refractivity contribution is 5.95. The summed E-state index contributed by atoms with van der Waals surface area (Å²) in [6, 6.07) is 25.7. The molecule has 57 heavy (non-hydrogen) atoms. The molecule has 6 aromatic rings. The minimum Gasteiger partial charge on any atom is -0.497 e. The number of aryl methyl sites for hydroxylation is 1. The van der Waals surface area contributed by atoms with Crippen molar-refractivity contribution in [1.29, 1.82) is 0 Å². The summed E-state index contributed by atoms with van der Waals surface area (Å²) in [6.07, 6.45) is 7.93. The molecule has 290 valence electrons. The number of ether oxygens (including phenoxy) is 3. The van der Waals surface area contributed by atoms with E-state index >= 15 is 0 Å². The molecule has 0 spiro atoms. The standard InChI is InChI=1S/C44H45N9O4/c1-30-24-34(42(54)46-25-31-14-17-45-18-15-31)8-13-39(30)53-19-16-38-40(49-44(50-41(38)53)51-20-22-57-23-21-51)35-26-47-43(48-27-35)52(28-32-4-9-36(55-2)10-5-32)29-33-6-11-37(56-3)12-7-33/h4-15,17-18,24,26-27H,16,19-23,25,28-29H2,1-3H3,(H,46,54). The lowest BCUT2D eigenvalue weighted by molar-refractivity contribution is 0.0950. The van der Waals surface area contributed by atoms with Gasteiger partial charge in [-0.15, -0.1) is 0 Å². The van der Waals surface area contributed by atoms with Crippen LogP contribution in [0.3, 0.4) is 0 Å². The highest BCUT2D eigenvalue weighted by Gasteiger charge is 2.30. The largest absolute Gasteiger partial charge is 0.497 e. The van der Waals surface area contributed by atoms with Crippen molar-refractivity contribution in [1.82, 2.24) is 30.2 Å². The first-order chi connectivity index (χ1) is 27.9. The molecule has 1 amide bonds. The molecule has 0 radical (unpaired) electrons. The minimum absolute atomic E-state index is 0.127. The minimum atomic E-state index is -0.127. The van der Waals surface area contributed by atoms with Crippen LogP contribution in [0.2, 0.25) is 0 Å². The number of carbonyl (C=O) groups excluding carboxylic acids is 1. The van der Waals surface area contributed by atoms with Crippen molar-refractivity contribution in [2.24, 2.45) is 0 Å². The number of methoxy groups -OCH3 is 2. The molecule has 1 fully saturated rings. The van der Waals surface area contributed by atoms with Gasteiger partial charge in [-0.2, -0.15) is 4.98 Å². The third kappa shape index (κ3) is 8.48. The van der Waals surface area contributed by atoms with Crippen molar-refractivity contribution >= 4 is 29.3 Å². The van der Waals surface area contributed by atoms with Crippen molar-refractivity contribution in [3.63, 3.8) is 0 Å². The lowest BCUT2D eigenvalue weighted by Gasteiger charge is -2.29. The van der Waals surface area contributed by atoms with Gasteiger partial charge in [-0.25, -0.2) is 15.0 Å². The monoisotopic (exact) mass is 763 g/mol. The zero-order valence-corrected chi connectivity index (χ0v) is 32.4. The van der Waals surface area contributed by atoms with E-state index in [0.29, 0.717) is 69.9 Å². The molecule has 5 heterocycles. The van der Waals surface area contributed by atoms with E-state index in [1.54, 1.807) is 26.6 Å². The predicted octanol–water partition coefficient (Wildman–Crippen LogP) is 6.32. The summed E-state index contributed by atoms with van der Waals surface area (Å²) in [7, 11) is 3.34. The molecule has 2 aliphatic rings. The Labute approximate surface area is 332 Å². The first-order valence-corrected chi connectivity index (χ1v) is 19.1. The van der Waals surface area contributed by atoms with Crippen molar-refractivity contribution in [3.8, 4) is 22.8 Å². The molecular formula is C44H45N9O4. The van der Waals surface area contributed by atoms with Crippen LogP contribution in [0.15, 0.2) is 104 Å². The second kappa shape index (κ2) is 17.0. The van der Waals surface area contributed by atoms with Crippen LogP contribution >= 0.6 is 0 Å². The third-order valence-corrected chi connectivity index (χ3v) is 10.3. The Kier molecular flexibility index (Phi) is 11.2. The smallest absolute Gasteiger partial charge is 0.251 e. The van der Waals surface area contributed by atoms with Gasteiger partial charge >= 0.3 is 0 Å². The SMILES string of the molecule is COc1ccc(CN(Cc2ccc(OC)cc2)c2ncc(-c3nc(N4CCOCC4)nc4c3CCN4c3ccc(C(=O)NCc4ccncc4)cc3C)cn2)cc1. The molecule has 0 saturated carbocycles.